The van der Waals surface area contributed by atoms with Crippen molar-refractivity contribution < 1.29 is 4.79 Å². The number of nitrogens with zero attached hydrogens (tertiary/aromatic N) is 5. The highest BCUT2D eigenvalue weighted by atomic mass is 16.2. The van der Waals surface area contributed by atoms with E-state index in [2.05, 4.69) is 41.5 Å². The molecule has 0 aromatic carbocycles. The standard InChI is InChI=1S/C23H26N8O/c1-2-25-23(32)30-21-13-16(5-8-26-21)15-31-11-6-17(7-12-31)18-3-4-19(29-20(18)14-24)22-27-9-10-28-22/h3-5,8-10,13,17H,2,6-7,11-12,15H2,1H3,(H,27,28)(H2,25,26,30,32). The van der Waals surface area contributed by atoms with E-state index in [1.165, 1.54) is 0 Å². The zero-order chi connectivity index (χ0) is 22.3. The number of hydrogen-bond acceptors (Lipinski definition) is 6. The van der Waals surface area contributed by atoms with Gasteiger partial charge in [-0.15, -0.1) is 0 Å². The molecule has 9 heteroatoms. The Bertz CT molecular complexity index is 1100. The fourth-order valence-corrected chi connectivity index (χ4v) is 4.05. The highest BCUT2D eigenvalue weighted by Crippen LogP contribution is 2.31. The van der Waals surface area contributed by atoms with E-state index in [0.717, 1.165) is 43.6 Å². The van der Waals surface area contributed by atoms with Gasteiger partial charge in [0.05, 0.1) is 0 Å². The molecular formula is C23H26N8O. The first kappa shape index (κ1) is 21.5. The van der Waals surface area contributed by atoms with Gasteiger partial charge in [-0.05, 0) is 68.1 Å². The normalized spacial score (nSPS) is 14.6. The second kappa shape index (κ2) is 10.0. The van der Waals surface area contributed by atoms with Crippen LogP contribution in [0.25, 0.3) is 11.5 Å². The molecule has 4 rings (SSSR count). The van der Waals surface area contributed by atoms with Gasteiger partial charge in [0.1, 0.15) is 23.3 Å². The Morgan fingerprint density at radius 2 is 2.09 bits per heavy atom. The van der Waals surface area contributed by atoms with Crippen LogP contribution in [-0.4, -0.2) is 50.5 Å². The molecule has 0 bridgehead atoms. The Kier molecular flexibility index (Phi) is 6.72. The summed E-state index contributed by atoms with van der Waals surface area (Å²) in [5.74, 6) is 1.53. The first-order chi connectivity index (χ1) is 15.7. The van der Waals surface area contributed by atoms with Gasteiger partial charge in [-0.2, -0.15) is 5.26 Å². The van der Waals surface area contributed by atoms with Gasteiger partial charge in [0, 0.05) is 31.7 Å². The van der Waals surface area contributed by atoms with Crippen molar-refractivity contribution in [3.8, 4) is 17.6 Å². The average molecular weight is 431 g/mol. The second-order valence-corrected chi connectivity index (χ2v) is 7.77. The van der Waals surface area contributed by atoms with Crippen LogP contribution in [-0.2, 0) is 6.54 Å². The van der Waals surface area contributed by atoms with Crippen LogP contribution in [0.3, 0.4) is 0 Å². The third-order valence-corrected chi connectivity index (χ3v) is 5.61. The molecule has 3 aromatic rings. The summed E-state index contributed by atoms with van der Waals surface area (Å²) in [6.45, 7) is 5.08. The van der Waals surface area contributed by atoms with E-state index in [-0.39, 0.29) is 6.03 Å². The van der Waals surface area contributed by atoms with E-state index in [9.17, 15) is 10.1 Å². The number of aromatic amines is 1. The molecule has 0 aliphatic carbocycles. The highest BCUT2D eigenvalue weighted by Gasteiger charge is 2.24. The molecule has 0 radical (unpaired) electrons. The van der Waals surface area contributed by atoms with Gasteiger partial charge in [0.2, 0.25) is 0 Å². The van der Waals surface area contributed by atoms with Crippen LogP contribution in [0.1, 0.15) is 42.5 Å². The van der Waals surface area contributed by atoms with Gasteiger partial charge in [0.25, 0.3) is 0 Å². The SMILES string of the molecule is CCNC(=O)Nc1cc(CN2CCC(c3ccc(-c4ncc[nH]4)nc3C#N)CC2)ccn1. The van der Waals surface area contributed by atoms with Crippen LogP contribution in [0.15, 0.2) is 42.9 Å². The number of anilines is 1. The van der Waals surface area contributed by atoms with Crippen molar-refractivity contribution in [1.29, 1.82) is 5.26 Å². The fraction of sp³-hybridized carbons (Fsp3) is 0.348. The van der Waals surface area contributed by atoms with Crippen LogP contribution in [0.4, 0.5) is 10.6 Å². The van der Waals surface area contributed by atoms with Crippen molar-refractivity contribution in [2.24, 2.45) is 0 Å². The number of pyridine rings is 2. The van der Waals surface area contributed by atoms with Crippen molar-refractivity contribution in [2.75, 3.05) is 25.0 Å². The van der Waals surface area contributed by atoms with Gasteiger partial charge < -0.3 is 10.3 Å². The maximum absolute atomic E-state index is 11.7. The van der Waals surface area contributed by atoms with Gasteiger partial charge in [0.15, 0.2) is 5.82 Å². The third kappa shape index (κ3) is 5.10. The Balaban J connectivity index is 1.37. The monoisotopic (exact) mass is 430 g/mol. The van der Waals surface area contributed by atoms with Crippen molar-refractivity contribution >= 4 is 11.8 Å². The summed E-state index contributed by atoms with van der Waals surface area (Å²) in [5, 5.41) is 15.1. The lowest BCUT2D eigenvalue weighted by atomic mass is 9.88. The van der Waals surface area contributed by atoms with Crippen LogP contribution >= 0.6 is 0 Å². The summed E-state index contributed by atoms with van der Waals surface area (Å²) in [5.41, 5.74) is 3.28. The Hall–Kier alpha value is -3.77. The predicted octanol–water partition coefficient (Wildman–Crippen LogP) is 3.26. The quantitative estimate of drug-likeness (QED) is 0.552. The first-order valence-corrected chi connectivity index (χ1v) is 10.8. The van der Waals surface area contributed by atoms with Crippen molar-refractivity contribution in [2.45, 2.75) is 32.2 Å². The lowest BCUT2D eigenvalue weighted by Crippen LogP contribution is -2.33. The number of urea groups is 1. The number of imidazole rings is 1. The summed E-state index contributed by atoms with van der Waals surface area (Å²) >= 11 is 0. The second-order valence-electron chi connectivity index (χ2n) is 7.77. The number of carbonyl (C=O) groups excluding carboxylic acids is 1. The molecular weight excluding hydrogens is 404 g/mol. The molecule has 3 aromatic heterocycles. The number of likely N-dealkylation sites (tertiary alicyclic amines) is 1. The van der Waals surface area contributed by atoms with Crippen LogP contribution in [0.2, 0.25) is 0 Å². The van der Waals surface area contributed by atoms with Gasteiger partial charge >= 0.3 is 6.03 Å². The molecule has 0 spiro atoms. The van der Waals surface area contributed by atoms with Crippen LogP contribution in [0.5, 0.6) is 0 Å². The van der Waals surface area contributed by atoms with E-state index in [1.807, 2.05) is 31.2 Å². The topological polar surface area (TPSA) is 123 Å². The summed E-state index contributed by atoms with van der Waals surface area (Å²) < 4.78 is 0. The number of hydrogen-bond donors (Lipinski definition) is 3. The summed E-state index contributed by atoms with van der Waals surface area (Å²) in [6, 6.07) is 9.85. The van der Waals surface area contributed by atoms with Gasteiger partial charge in [-0.3, -0.25) is 10.2 Å². The molecule has 1 aliphatic heterocycles. The first-order valence-electron chi connectivity index (χ1n) is 10.8. The molecule has 1 saturated heterocycles. The molecule has 1 fully saturated rings. The number of carbonyl (C=O) groups is 1. The van der Waals surface area contributed by atoms with Crippen LogP contribution < -0.4 is 10.6 Å². The van der Waals surface area contributed by atoms with Crippen molar-refractivity contribution in [1.82, 2.24) is 30.2 Å². The number of aromatic nitrogens is 4. The van der Waals surface area contributed by atoms with Crippen LogP contribution in [0, 0.1) is 11.3 Å². The predicted molar refractivity (Wildman–Crippen MR) is 121 cm³/mol. The van der Waals surface area contributed by atoms with Gasteiger partial charge in [-0.1, -0.05) is 6.07 Å². The van der Waals surface area contributed by atoms with Crippen molar-refractivity contribution in [3.05, 3.63) is 59.7 Å². The molecule has 9 nitrogen and oxygen atoms in total. The molecule has 0 atom stereocenters. The minimum Gasteiger partial charge on any atom is -0.343 e. The number of piperidine rings is 1. The molecule has 32 heavy (non-hydrogen) atoms. The average Bonchev–Trinajstić information content (AvgIpc) is 3.35. The molecule has 0 unspecified atom stereocenters. The lowest BCUT2D eigenvalue weighted by Gasteiger charge is -2.32. The Morgan fingerprint density at radius 3 is 2.81 bits per heavy atom. The number of amides is 2. The Morgan fingerprint density at radius 1 is 1.25 bits per heavy atom. The Labute approximate surface area is 186 Å². The largest absolute Gasteiger partial charge is 0.343 e. The minimum absolute atomic E-state index is 0.252. The fourth-order valence-electron chi connectivity index (χ4n) is 4.05. The third-order valence-electron chi connectivity index (χ3n) is 5.61. The molecule has 3 N–H and O–H groups in total. The molecule has 1 aliphatic rings. The highest BCUT2D eigenvalue weighted by molar-refractivity contribution is 5.88. The molecule has 4 heterocycles. The molecule has 0 saturated carbocycles. The van der Waals surface area contributed by atoms with E-state index < -0.39 is 0 Å². The summed E-state index contributed by atoms with van der Waals surface area (Å²) in [7, 11) is 0. The smallest absolute Gasteiger partial charge is 0.320 e. The lowest BCUT2D eigenvalue weighted by molar-refractivity contribution is 0.204. The zero-order valence-corrected chi connectivity index (χ0v) is 18.0. The summed E-state index contributed by atoms with van der Waals surface area (Å²) in [4.78, 5) is 30.1. The summed E-state index contributed by atoms with van der Waals surface area (Å²) in [6.07, 6.45) is 7.06. The molecule has 2 amide bonds. The van der Waals surface area contributed by atoms with E-state index in [1.54, 1.807) is 18.6 Å². The number of nitriles is 1. The van der Waals surface area contributed by atoms with E-state index in [0.29, 0.717) is 35.5 Å². The maximum atomic E-state index is 11.7. The molecule has 164 valence electrons. The minimum atomic E-state index is -0.252. The van der Waals surface area contributed by atoms with Crippen molar-refractivity contribution in [3.63, 3.8) is 0 Å². The zero-order valence-electron chi connectivity index (χ0n) is 18.0. The van der Waals surface area contributed by atoms with Gasteiger partial charge in [-0.25, -0.2) is 19.7 Å². The number of H-pyrrole nitrogens is 1. The number of nitrogens with one attached hydrogen (secondary N) is 3. The van der Waals surface area contributed by atoms with E-state index in [4.69, 9.17) is 0 Å². The van der Waals surface area contributed by atoms with E-state index >= 15 is 0 Å². The number of rotatable bonds is 6. The maximum Gasteiger partial charge on any atom is 0.320 e.